The number of hydrogen-bond donors (Lipinski definition) is 0. The molecule has 2 aromatic heterocycles. The van der Waals surface area contributed by atoms with Gasteiger partial charge in [-0.1, -0.05) is 24.3 Å². The number of hydrogen-bond acceptors (Lipinski definition) is 5. The molecule has 0 aliphatic heterocycles. The fourth-order valence-electron chi connectivity index (χ4n) is 4.28. The second kappa shape index (κ2) is 9.94. The molecule has 0 amide bonds. The van der Waals surface area contributed by atoms with Crippen LogP contribution in [0.15, 0.2) is 97.1 Å². The van der Waals surface area contributed by atoms with Crippen molar-refractivity contribution in [1.82, 2.24) is 19.1 Å². The fourth-order valence-corrected chi connectivity index (χ4v) is 4.28. The highest BCUT2D eigenvalue weighted by Gasteiger charge is 2.11. The third kappa shape index (κ3) is 4.64. The molecular formula is C29H25N5O3. The van der Waals surface area contributed by atoms with E-state index in [9.17, 15) is 10.1 Å². The molecule has 8 heteroatoms. The summed E-state index contributed by atoms with van der Waals surface area (Å²) in [5.41, 5.74) is 6.16. The maximum atomic E-state index is 10.6. The minimum absolute atomic E-state index is 0.0857. The number of rotatable bonds is 4. The number of imidazole rings is 2. The number of nitrogens with zero attached hydrogens (tertiary/aromatic N) is 5. The number of nitro groups is 1. The summed E-state index contributed by atoms with van der Waals surface area (Å²) >= 11 is 0. The van der Waals surface area contributed by atoms with E-state index in [4.69, 9.17) is 4.74 Å². The Morgan fingerprint density at radius 2 is 1.11 bits per heavy atom. The van der Waals surface area contributed by atoms with Crippen LogP contribution in [-0.4, -0.2) is 31.1 Å². The van der Waals surface area contributed by atoms with Gasteiger partial charge in [-0.3, -0.25) is 10.1 Å². The van der Waals surface area contributed by atoms with Gasteiger partial charge in [-0.25, -0.2) is 9.97 Å². The number of benzene rings is 4. The van der Waals surface area contributed by atoms with Crippen LogP contribution in [0.5, 0.6) is 5.75 Å². The molecule has 6 aromatic rings. The SMILES string of the molecule is COc1ccc(-c2nc3ccccc3n2C)cc1.Cn1c(-c2ccc([N+](=O)[O-])cc2)nc2ccccc21. The normalized spacial score (nSPS) is 10.8. The molecule has 6 rings (SSSR count). The van der Waals surface area contributed by atoms with Crippen molar-refractivity contribution in [3.8, 4) is 28.5 Å². The summed E-state index contributed by atoms with van der Waals surface area (Å²) in [6, 6.07) is 30.4. The Balaban J connectivity index is 0.000000152. The number of para-hydroxylation sites is 4. The Morgan fingerprint density at radius 3 is 1.51 bits per heavy atom. The van der Waals surface area contributed by atoms with Gasteiger partial charge in [0.15, 0.2) is 0 Å². The van der Waals surface area contributed by atoms with Crippen molar-refractivity contribution in [1.29, 1.82) is 0 Å². The molecule has 2 heterocycles. The van der Waals surface area contributed by atoms with Crippen LogP contribution in [0.1, 0.15) is 0 Å². The number of nitro benzene ring substituents is 1. The van der Waals surface area contributed by atoms with E-state index in [-0.39, 0.29) is 5.69 Å². The van der Waals surface area contributed by atoms with E-state index in [2.05, 4.69) is 20.6 Å². The van der Waals surface area contributed by atoms with Crippen LogP contribution in [0.4, 0.5) is 5.69 Å². The Hall–Kier alpha value is -4.98. The van der Waals surface area contributed by atoms with E-state index in [1.54, 1.807) is 19.2 Å². The average Bonchev–Trinajstić information content (AvgIpc) is 3.46. The first-order valence-corrected chi connectivity index (χ1v) is 11.7. The van der Waals surface area contributed by atoms with E-state index in [0.717, 1.165) is 50.6 Å². The number of aryl methyl sites for hydroxylation is 2. The van der Waals surface area contributed by atoms with Gasteiger partial charge >= 0.3 is 0 Å². The average molecular weight is 492 g/mol. The third-order valence-electron chi connectivity index (χ3n) is 6.26. The van der Waals surface area contributed by atoms with Crippen molar-refractivity contribution in [3.63, 3.8) is 0 Å². The summed E-state index contributed by atoms with van der Waals surface area (Å²) in [6.45, 7) is 0. The molecule has 0 bridgehead atoms. The van der Waals surface area contributed by atoms with E-state index in [1.165, 1.54) is 12.1 Å². The van der Waals surface area contributed by atoms with Crippen molar-refractivity contribution in [2.45, 2.75) is 0 Å². The first-order chi connectivity index (χ1) is 18.0. The molecule has 37 heavy (non-hydrogen) atoms. The molecule has 0 aliphatic rings. The van der Waals surface area contributed by atoms with Gasteiger partial charge in [0.2, 0.25) is 0 Å². The van der Waals surface area contributed by atoms with Crippen molar-refractivity contribution >= 4 is 27.8 Å². The summed E-state index contributed by atoms with van der Waals surface area (Å²) in [4.78, 5) is 19.4. The topological polar surface area (TPSA) is 88.0 Å². The van der Waals surface area contributed by atoms with Gasteiger partial charge in [0.25, 0.3) is 5.69 Å². The van der Waals surface area contributed by atoms with Crippen LogP contribution >= 0.6 is 0 Å². The summed E-state index contributed by atoms with van der Waals surface area (Å²) in [6.07, 6.45) is 0. The molecule has 4 aromatic carbocycles. The third-order valence-corrected chi connectivity index (χ3v) is 6.26. The molecule has 0 fully saturated rings. The molecule has 0 saturated carbocycles. The zero-order valence-electron chi connectivity index (χ0n) is 20.7. The van der Waals surface area contributed by atoms with Crippen molar-refractivity contribution in [3.05, 3.63) is 107 Å². The molecule has 0 N–H and O–H groups in total. The zero-order valence-corrected chi connectivity index (χ0v) is 20.7. The lowest BCUT2D eigenvalue weighted by Crippen LogP contribution is -1.93. The van der Waals surface area contributed by atoms with Crippen molar-refractivity contribution in [2.24, 2.45) is 14.1 Å². The van der Waals surface area contributed by atoms with Gasteiger partial charge in [-0.2, -0.15) is 0 Å². The van der Waals surface area contributed by atoms with Gasteiger partial charge in [0, 0.05) is 37.4 Å². The molecule has 184 valence electrons. The summed E-state index contributed by atoms with van der Waals surface area (Å²) < 4.78 is 9.26. The van der Waals surface area contributed by atoms with Crippen molar-refractivity contribution < 1.29 is 9.66 Å². The lowest BCUT2D eigenvalue weighted by Gasteiger charge is -2.04. The molecule has 0 spiro atoms. The van der Waals surface area contributed by atoms with Crippen LogP contribution in [0, 0.1) is 10.1 Å². The van der Waals surface area contributed by atoms with Gasteiger partial charge in [-0.05, 0) is 60.7 Å². The minimum Gasteiger partial charge on any atom is -0.497 e. The number of ether oxygens (including phenoxy) is 1. The lowest BCUT2D eigenvalue weighted by atomic mass is 10.2. The number of aromatic nitrogens is 4. The highest BCUT2D eigenvalue weighted by Crippen LogP contribution is 2.26. The second-order valence-electron chi connectivity index (χ2n) is 8.50. The van der Waals surface area contributed by atoms with E-state index < -0.39 is 4.92 Å². The molecule has 0 unspecified atom stereocenters. The Bertz CT molecular complexity index is 1700. The lowest BCUT2D eigenvalue weighted by molar-refractivity contribution is -0.384. The quantitative estimate of drug-likeness (QED) is 0.210. The second-order valence-corrected chi connectivity index (χ2v) is 8.50. The van der Waals surface area contributed by atoms with E-state index >= 15 is 0 Å². The van der Waals surface area contributed by atoms with Gasteiger partial charge in [0.1, 0.15) is 17.4 Å². The molecule has 0 radical (unpaired) electrons. The van der Waals surface area contributed by atoms with E-state index in [0.29, 0.717) is 0 Å². The molecular weight excluding hydrogens is 466 g/mol. The maximum absolute atomic E-state index is 10.6. The van der Waals surface area contributed by atoms with Gasteiger partial charge in [0.05, 0.1) is 34.1 Å². The highest BCUT2D eigenvalue weighted by atomic mass is 16.6. The molecule has 0 atom stereocenters. The molecule has 0 aliphatic carbocycles. The zero-order chi connectivity index (χ0) is 25.9. The van der Waals surface area contributed by atoms with Gasteiger partial charge in [-0.15, -0.1) is 0 Å². The van der Waals surface area contributed by atoms with Crippen LogP contribution in [0.25, 0.3) is 44.8 Å². The van der Waals surface area contributed by atoms with Crippen LogP contribution < -0.4 is 4.74 Å². The monoisotopic (exact) mass is 491 g/mol. The molecule has 8 nitrogen and oxygen atoms in total. The van der Waals surface area contributed by atoms with Crippen molar-refractivity contribution in [2.75, 3.05) is 7.11 Å². The Kier molecular flexibility index (Phi) is 6.38. The predicted molar refractivity (Wildman–Crippen MR) is 146 cm³/mol. The summed E-state index contributed by atoms with van der Waals surface area (Å²) in [7, 11) is 5.64. The minimum atomic E-state index is -0.404. The largest absolute Gasteiger partial charge is 0.497 e. The number of fused-ring (bicyclic) bond motifs is 2. The predicted octanol–water partition coefficient (Wildman–Crippen LogP) is 6.40. The Morgan fingerprint density at radius 1 is 0.676 bits per heavy atom. The molecule has 0 saturated heterocycles. The highest BCUT2D eigenvalue weighted by molar-refractivity contribution is 5.81. The van der Waals surface area contributed by atoms with Crippen LogP contribution in [0.3, 0.4) is 0 Å². The van der Waals surface area contributed by atoms with Crippen LogP contribution in [0.2, 0.25) is 0 Å². The first-order valence-electron chi connectivity index (χ1n) is 11.7. The number of non-ortho nitro benzene ring substituents is 1. The first kappa shape index (κ1) is 23.7. The maximum Gasteiger partial charge on any atom is 0.269 e. The van der Waals surface area contributed by atoms with Gasteiger partial charge < -0.3 is 13.9 Å². The summed E-state index contributed by atoms with van der Waals surface area (Å²) in [5, 5.41) is 10.6. The van der Waals surface area contributed by atoms with E-state index in [1.807, 2.05) is 85.4 Å². The Labute approximate surface area is 213 Å². The smallest absolute Gasteiger partial charge is 0.269 e. The summed E-state index contributed by atoms with van der Waals surface area (Å²) in [5.74, 6) is 2.63. The fraction of sp³-hybridized carbons (Fsp3) is 0.103. The standard InChI is InChI=1S/C15H14N2O.C14H11N3O2/c1-17-14-6-4-3-5-13(14)16-15(17)11-7-9-12(18-2)10-8-11;1-16-13-5-3-2-4-12(13)15-14(16)10-6-8-11(9-7-10)17(18)19/h3-10H,1-2H3;2-9H,1H3. The van der Waals surface area contributed by atoms with Crippen LogP contribution in [-0.2, 0) is 14.1 Å². The number of methoxy groups -OCH3 is 1.